The van der Waals surface area contributed by atoms with Gasteiger partial charge in [-0.05, 0) is 25.2 Å². The second kappa shape index (κ2) is 12.9. The molecule has 0 fully saturated rings. The van der Waals surface area contributed by atoms with Gasteiger partial charge in [0.2, 0.25) is 0 Å². The second-order valence-electron chi connectivity index (χ2n) is 5.41. The second-order valence-corrected chi connectivity index (χ2v) is 5.41. The Kier molecular flexibility index (Phi) is 12.3. The minimum absolute atomic E-state index is 0.127. The fourth-order valence-electron chi connectivity index (χ4n) is 2.09. The number of rotatable bonds is 13. The van der Waals surface area contributed by atoms with Crippen LogP contribution in [-0.2, 0) is 14.3 Å². The maximum Gasteiger partial charge on any atom is 0.305 e. The van der Waals surface area contributed by atoms with E-state index in [0.29, 0.717) is 31.8 Å². The van der Waals surface area contributed by atoms with Crippen molar-refractivity contribution in [2.45, 2.75) is 78.1 Å². The Morgan fingerprint density at radius 2 is 1.70 bits per heavy atom. The standard InChI is InChI=1S/C16H30O4/c1-3-5-6-7-10-14(4-2)13-20-16(19)12-9-8-11-15(17)18/h14H,3-13H2,1-2H3,(H,17,18). The largest absolute Gasteiger partial charge is 0.481 e. The smallest absolute Gasteiger partial charge is 0.305 e. The van der Waals surface area contributed by atoms with Gasteiger partial charge in [0.15, 0.2) is 0 Å². The minimum Gasteiger partial charge on any atom is -0.481 e. The van der Waals surface area contributed by atoms with Gasteiger partial charge in [-0.1, -0.05) is 46.0 Å². The summed E-state index contributed by atoms with van der Waals surface area (Å²) in [5.74, 6) is -0.534. The Hall–Kier alpha value is -1.06. The van der Waals surface area contributed by atoms with Crippen LogP contribution < -0.4 is 0 Å². The van der Waals surface area contributed by atoms with E-state index < -0.39 is 5.97 Å². The predicted molar refractivity (Wildman–Crippen MR) is 79.6 cm³/mol. The summed E-state index contributed by atoms with van der Waals surface area (Å²) in [6.45, 7) is 4.84. The normalized spacial score (nSPS) is 12.1. The van der Waals surface area contributed by atoms with Gasteiger partial charge in [-0.25, -0.2) is 0 Å². The first-order valence-corrected chi connectivity index (χ1v) is 7.97. The predicted octanol–water partition coefficient (Wildman–Crippen LogP) is 4.17. The Morgan fingerprint density at radius 3 is 2.30 bits per heavy atom. The number of aliphatic carboxylic acids is 1. The molecule has 118 valence electrons. The maximum atomic E-state index is 11.5. The lowest BCUT2D eigenvalue weighted by atomic mass is 9.99. The van der Waals surface area contributed by atoms with Crippen molar-refractivity contribution in [1.29, 1.82) is 0 Å². The molecule has 0 amide bonds. The van der Waals surface area contributed by atoms with Crippen molar-refractivity contribution in [3.8, 4) is 0 Å². The minimum atomic E-state index is -0.809. The number of carbonyl (C=O) groups is 2. The van der Waals surface area contributed by atoms with Gasteiger partial charge in [0, 0.05) is 12.8 Å². The number of carboxylic acid groups (broad SMARTS) is 1. The molecule has 0 heterocycles. The zero-order valence-corrected chi connectivity index (χ0v) is 13.0. The highest BCUT2D eigenvalue weighted by molar-refractivity contribution is 5.69. The van der Waals surface area contributed by atoms with Crippen molar-refractivity contribution in [3.63, 3.8) is 0 Å². The van der Waals surface area contributed by atoms with Gasteiger partial charge < -0.3 is 9.84 Å². The molecule has 1 unspecified atom stereocenters. The van der Waals surface area contributed by atoms with Crippen LogP contribution >= 0.6 is 0 Å². The summed E-state index contributed by atoms with van der Waals surface area (Å²) >= 11 is 0. The third-order valence-electron chi connectivity index (χ3n) is 3.54. The molecular weight excluding hydrogens is 256 g/mol. The van der Waals surface area contributed by atoms with Crippen LogP contribution in [0.4, 0.5) is 0 Å². The number of hydrogen-bond donors (Lipinski definition) is 1. The molecule has 1 N–H and O–H groups in total. The van der Waals surface area contributed by atoms with Crippen LogP contribution in [-0.4, -0.2) is 23.7 Å². The zero-order valence-electron chi connectivity index (χ0n) is 13.0. The molecule has 0 saturated heterocycles. The van der Waals surface area contributed by atoms with E-state index in [-0.39, 0.29) is 12.4 Å². The molecule has 1 atom stereocenters. The van der Waals surface area contributed by atoms with Gasteiger partial charge >= 0.3 is 11.9 Å². The molecule has 0 aromatic heterocycles. The number of ether oxygens (including phenoxy) is 1. The third-order valence-corrected chi connectivity index (χ3v) is 3.54. The fourth-order valence-corrected chi connectivity index (χ4v) is 2.09. The third kappa shape index (κ3) is 12.0. The monoisotopic (exact) mass is 286 g/mol. The molecular formula is C16H30O4. The van der Waals surface area contributed by atoms with Crippen LogP contribution in [0.1, 0.15) is 78.1 Å². The van der Waals surface area contributed by atoms with Crippen molar-refractivity contribution in [1.82, 2.24) is 0 Å². The van der Waals surface area contributed by atoms with E-state index in [1.165, 1.54) is 25.7 Å². The lowest BCUT2D eigenvalue weighted by Crippen LogP contribution is -2.13. The SMILES string of the molecule is CCCCCCC(CC)COC(=O)CCCCC(=O)O. The lowest BCUT2D eigenvalue weighted by molar-refractivity contribution is -0.145. The molecule has 0 rings (SSSR count). The molecule has 0 aliphatic carbocycles. The first-order chi connectivity index (χ1) is 9.60. The van der Waals surface area contributed by atoms with Crippen molar-refractivity contribution in [2.75, 3.05) is 6.61 Å². The summed E-state index contributed by atoms with van der Waals surface area (Å²) in [4.78, 5) is 21.8. The van der Waals surface area contributed by atoms with Crippen molar-refractivity contribution >= 4 is 11.9 Å². The lowest BCUT2D eigenvalue weighted by Gasteiger charge is -2.14. The summed E-state index contributed by atoms with van der Waals surface area (Å²) in [5.41, 5.74) is 0. The highest BCUT2D eigenvalue weighted by Crippen LogP contribution is 2.15. The first kappa shape index (κ1) is 18.9. The summed E-state index contributed by atoms with van der Waals surface area (Å²) < 4.78 is 5.27. The van der Waals surface area contributed by atoms with Gasteiger partial charge in [-0.15, -0.1) is 0 Å². The van der Waals surface area contributed by atoms with Crippen LogP contribution in [0.2, 0.25) is 0 Å². The van der Waals surface area contributed by atoms with E-state index in [0.717, 1.165) is 12.8 Å². The quantitative estimate of drug-likeness (QED) is 0.407. The number of unbranched alkanes of at least 4 members (excludes halogenated alkanes) is 4. The zero-order chi connectivity index (χ0) is 15.2. The van der Waals surface area contributed by atoms with Crippen molar-refractivity contribution < 1.29 is 19.4 Å². The Bertz CT molecular complexity index is 263. The summed E-state index contributed by atoms with van der Waals surface area (Å²) in [7, 11) is 0. The van der Waals surface area contributed by atoms with Crippen LogP contribution in [0, 0.1) is 5.92 Å². The van der Waals surface area contributed by atoms with Gasteiger partial charge in [0.1, 0.15) is 0 Å². The van der Waals surface area contributed by atoms with Crippen LogP contribution in [0.5, 0.6) is 0 Å². The van der Waals surface area contributed by atoms with E-state index in [1.54, 1.807) is 0 Å². The fraction of sp³-hybridized carbons (Fsp3) is 0.875. The van der Waals surface area contributed by atoms with Gasteiger partial charge in [0.05, 0.1) is 6.61 Å². The van der Waals surface area contributed by atoms with Gasteiger partial charge in [-0.3, -0.25) is 9.59 Å². The summed E-state index contributed by atoms with van der Waals surface area (Å²) in [5, 5.41) is 8.49. The Morgan fingerprint density at radius 1 is 1.00 bits per heavy atom. The Labute approximate surface area is 122 Å². The van der Waals surface area contributed by atoms with Crippen LogP contribution in [0.25, 0.3) is 0 Å². The highest BCUT2D eigenvalue weighted by Gasteiger charge is 2.10. The average molecular weight is 286 g/mol. The first-order valence-electron chi connectivity index (χ1n) is 7.97. The molecule has 4 heteroatoms. The molecule has 4 nitrogen and oxygen atoms in total. The molecule has 0 aliphatic rings. The Balaban J connectivity index is 3.60. The van der Waals surface area contributed by atoms with Crippen molar-refractivity contribution in [3.05, 3.63) is 0 Å². The molecule has 0 saturated carbocycles. The van der Waals surface area contributed by atoms with Gasteiger partial charge in [0.25, 0.3) is 0 Å². The molecule has 20 heavy (non-hydrogen) atoms. The molecule has 0 radical (unpaired) electrons. The summed E-state index contributed by atoms with van der Waals surface area (Å²) in [6, 6.07) is 0. The van der Waals surface area contributed by atoms with E-state index in [9.17, 15) is 9.59 Å². The van der Waals surface area contributed by atoms with E-state index in [4.69, 9.17) is 9.84 Å². The van der Waals surface area contributed by atoms with E-state index in [2.05, 4.69) is 13.8 Å². The molecule has 0 bridgehead atoms. The molecule has 0 aliphatic heterocycles. The number of carboxylic acids is 1. The maximum absolute atomic E-state index is 11.5. The van der Waals surface area contributed by atoms with E-state index in [1.807, 2.05) is 0 Å². The summed E-state index contributed by atoms with van der Waals surface area (Å²) in [6.07, 6.45) is 8.75. The molecule has 0 aromatic carbocycles. The number of carbonyl (C=O) groups excluding carboxylic acids is 1. The highest BCUT2D eigenvalue weighted by atomic mass is 16.5. The van der Waals surface area contributed by atoms with Crippen LogP contribution in [0.3, 0.4) is 0 Å². The molecule has 0 aromatic rings. The number of esters is 1. The van der Waals surface area contributed by atoms with Crippen LogP contribution in [0.15, 0.2) is 0 Å². The van der Waals surface area contributed by atoms with Crippen molar-refractivity contribution in [2.24, 2.45) is 5.92 Å². The van der Waals surface area contributed by atoms with E-state index >= 15 is 0 Å². The molecule has 0 spiro atoms. The number of hydrogen-bond acceptors (Lipinski definition) is 3. The average Bonchev–Trinajstić information content (AvgIpc) is 2.42. The topological polar surface area (TPSA) is 63.6 Å². The van der Waals surface area contributed by atoms with Gasteiger partial charge in [-0.2, -0.15) is 0 Å².